The van der Waals surface area contributed by atoms with Gasteiger partial charge >= 0.3 is 0 Å². The largest absolute Gasteiger partial charge is 0.354 e. The molecule has 2 aromatic heterocycles. The van der Waals surface area contributed by atoms with Gasteiger partial charge in [0.25, 0.3) is 0 Å². The van der Waals surface area contributed by atoms with Crippen LogP contribution in [0.2, 0.25) is 0 Å². The molecule has 5 nitrogen and oxygen atoms in total. The molecule has 134 valence electrons. The number of imidazole rings is 1. The summed E-state index contributed by atoms with van der Waals surface area (Å²) in [6.07, 6.45) is 8.89. The van der Waals surface area contributed by atoms with E-state index in [-0.39, 0.29) is 11.8 Å². The molecule has 2 fully saturated rings. The fourth-order valence-corrected chi connectivity index (χ4v) is 5.00. The number of hydrogen-bond acceptors (Lipinski definition) is 4. The lowest BCUT2D eigenvalue weighted by molar-refractivity contribution is -0.123. The first-order valence-electron chi connectivity index (χ1n) is 9.16. The first-order chi connectivity index (χ1) is 12.1. The predicted octanol–water partition coefficient (Wildman–Crippen LogP) is 2.67. The Balaban J connectivity index is 1.20. The highest BCUT2D eigenvalue weighted by Gasteiger charge is 2.58. The first-order valence-corrected chi connectivity index (χ1v) is 9.97. The number of rotatable bonds is 6. The molecule has 1 unspecified atom stereocenters. The average molecular weight is 359 g/mol. The fourth-order valence-electron chi connectivity index (χ4n) is 4.07. The van der Waals surface area contributed by atoms with E-state index in [2.05, 4.69) is 34.3 Å². The van der Waals surface area contributed by atoms with Crippen LogP contribution in [-0.2, 0) is 17.9 Å². The third kappa shape index (κ3) is 3.80. The third-order valence-electron chi connectivity index (χ3n) is 5.76. The van der Waals surface area contributed by atoms with Crippen LogP contribution in [0.3, 0.4) is 0 Å². The van der Waals surface area contributed by atoms with Crippen LogP contribution in [0.1, 0.15) is 29.0 Å². The second kappa shape index (κ2) is 6.92. The first kappa shape index (κ1) is 16.8. The number of thiophene rings is 1. The maximum Gasteiger partial charge on any atom is 0.223 e. The summed E-state index contributed by atoms with van der Waals surface area (Å²) in [4.78, 5) is 21.8. The summed E-state index contributed by atoms with van der Waals surface area (Å²) in [5.74, 6) is 0.490. The topological polar surface area (TPSA) is 50.2 Å². The molecular formula is C19H26N4OS. The zero-order chi connectivity index (χ0) is 17.3. The van der Waals surface area contributed by atoms with Gasteiger partial charge in [0.2, 0.25) is 5.91 Å². The Morgan fingerprint density at radius 1 is 1.40 bits per heavy atom. The minimum Gasteiger partial charge on any atom is -0.354 e. The Hall–Kier alpha value is -1.66. The number of hydrogen-bond donors (Lipinski definition) is 1. The van der Waals surface area contributed by atoms with Crippen molar-refractivity contribution in [2.24, 2.45) is 11.3 Å². The summed E-state index contributed by atoms with van der Waals surface area (Å²) in [7, 11) is 0. The molecule has 1 N–H and O–H groups in total. The van der Waals surface area contributed by atoms with Crippen LogP contribution < -0.4 is 5.32 Å². The molecule has 1 saturated heterocycles. The van der Waals surface area contributed by atoms with E-state index in [0.29, 0.717) is 12.0 Å². The number of aromatic nitrogens is 2. The summed E-state index contributed by atoms with van der Waals surface area (Å²) in [5, 5.41) is 3.11. The van der Waals surface area contributed by atoms with E-state index >= 15 is 0 Å². The van der Waals surface area contributed by atoms with Crippen molar-refractivity contribution in [2.45, 2.75) is 39.3 Å². The van der Waals surface area contributed by atoms with Gasteiger partial charge in [-0.3, -0.25) is 9.69 Å². The van der Waals surface area contributed by atoms with Crippen LogP contribution in [0, 0.1) is 18.3 Å². The minimum atomic E-state index is 0.237. The highest BCUT2D eigenvalue weighted by atomic mass is 32.1. The zero-order valence-corrected chi connectivity index (χ0v) is 15.6. The molecular weight excluding hydrogens is 332 g/mol. The Bertz CT molecular complexity index is 716. The standard InChI is InChI=1S/C19H26N4OS/c1-15-2-3-16(25-15)13-22-8-4-19(5-9-22)12-17(19)18(24)21-7-11-23-10-6-20-14-23/h2-3,6,10,14,17H,4-5,7-9,11-13H2,1H3,(H,21,24). The number of carbonyl (C=O) groups is 1. The van der Waals surface area contributed by atoms with Gasteiger partial charge in [0, 0.05) is 47.7 Å². The smallest absolute Gasteiger partial charge is 0.223 e. The van der Waals surface area contributed by atoms with E-state index in [4.69, 9.17) is 0 Å². The Labute approximate surface area is 153 Å². The van der Waals surface area contributed by atoms with E-state index in [1.807, 2.05) is 22.1 Å². The van der Waals surface area contributed by atoms with Crippen molar-refractivity contribution in [3.05, 3.63) is 40.6 Å². The van der Waals surface area contributed by atoms with Crippen LogP contribution in [0.25, 0.3) is 0 Å². The molecule has 1 atom stereocenters. The number of carbonyl (C=O) groups excluding carboxylic acids is 1. The normalized spacial score (nSPS) is 22.2. The molecule has 0 radical (unpaired) electrons. The monoisotopic (exact) mass is 358 g/mol. The molecule has 2 aromatic rings. The molecule has 1 spiro atoms. The van der Waals surface area contributed by atoms with Crippen molar-refractivity contribution >= 4 is 17.2 Å². The van der Waals surface area contributed by atoms with Crippen molar-refractivity contribution in [2.75, 3.05) is 19.6 Å². The molecule has 6 heteroatoms. The van der Waals surface area contributed by atoms with Crippen LogP contribution in [0.5, 0.6) is 0 Å². The second-order valence-corrected chi connectivity index (χ2v) is 8.87. The van der Waals surface area contributed by atoms with Gasteiger partial charge in [0.15, 0.2) is 0 Å². The lowest BCUT2D eigenvalue weighted by atomic mass is 9.90. The van der Waals surface area contributed by atoms with Gasteiger partial charge in [-0.25, -0.2) is 4.98 Å². The molecule has 0 bridgehead atoms. The SMILES string of the molecule is Cc1ccc(CN2CCC3(CC2)CC3C(=O)NCCn2ccnc2)s1. The van der Waals surface area contributed by atoms with Crippen molar-refractivity contribution in [3.8, 4) is 0 Å². The number of nitrogens with one attached hydrogen (secondary N) is 1. The summed E-state index contributed by atoms with van der Waals surface area (Å²) in [5.41, 5.74) is 0.293. The summed E-state index contributed by atoms with van der Waals surface area (Å²) in [6, 6.07) is 4.45. The molecule has 2 aliphatic rings. The third-order valence-corrected chi connectivity index (χ3v) is 6.75. The summed E-state index contributed by atoms with van der Waals surface area (Å²) in [6.45, 7) is 6.95. The fraction of sp³-hybridized carbons (Fsp3) is 0.579. The predicted molar refractivity (Wildman–Crippen MR) is 99.3 cm³/mol. The summed E-state index contributed by atoms with van der Waals surface area (Å²) >= 11 is 1.90. The molecule has 0 aromatic carbocycles. The van der Waals surface area contributed by atoms with Crippen LogP contribution >= 0.6 is 11.3 Å². The van der Waals surface area contributed by atoms with Crippen molar-refractivity contribution in [1.82, 2.24) is 19.8 Å². The maximum absolute atomic E-state index is 12.4. The van der Waals surface area contributed by atoms with Gasteiger partial charge < -0.3 is 9.88 Å². The number of aryl methyl sites for hydroxylation is 1. The van der Waals surface area contributed by atoms with Gasteiger partial charge in [0.1, 0.15) is 0 Å². The highest BCUT2D eigenvalue weighted by Crippen LogP contribution is 2.59. The number of nitrogens with zero attached hydrogens (tertiary/aromatic N) is 3. The molecule has 25 heavy (non-hydrogen) atoms. The van der Waals surface area contributed by atoms with Crippen LogP contribution in [-0.4, -0.2) is 40.0 Å². The molecule has 1 aliphatic heterocycles. The molecule has 1 amide bonds. The Morgan fingerprint density at radius 2 is 2.24 bits per heavy atom. The lowest BCUT2D eigenvalue weighted by Gasteiger charge is -2.32. The van der Waals surface area contributed by atoms with Gasteiger partial charge in [0.05, 0.1) is 6.33 Å². The molecule has 4 rings (SSSR count). The van der Waals surface area contributed by atoms with Gasteiger partial charge in [-0.1, -0.05) is 0 Å². The molecule has 3 heterocycles. The quantitative estimate of drug-likeness (QED) is 0.864. The van der Waals surface area contributed by atoms with Crippen molar-refractivity contribution in [1.29, 1.82) is 0 Å². The molecule has 1 saturated carbocycles. The number of amides is 1. The van der Waals surface area contributed by atoms with Crippen LogP contribution in [0.15, 0.2) is 30.9 Å². The highest BCUT2D eigenvalue weighted by molar-refractivity contribution is 7.11. The maximum atomic E-state index is 12.4. The van der Waals surface area contributed by atoms with Gasteiger partial charge in [-0.05, 0) is 56.8 Å². The van der Waals surface area contributed by atoms with E-state index in [0.717, 1.165) is 45.4 Å². The average Bonchev–Trinajstić information content (AvgIpc) is 2.93. The lowest BCUT2D eigenvalue weighted by Crippen LogP contribution is -2.37. The number of piperidine rings is 1. The Morgan fingerprint density at radius 3 is 2.92 bits per heavy atom. The van der Waals surface area contributed by atoms with Crippen LogP contribution in [0.4, 0.5) is 0 Å². The number of likely N-dealkylation sites (tertiary alicyclic amines) is 1. The zero-order valence-electron chi connectivity index (χ0n) is 14.8. The Kier molecular flexibility index (Phi) is 4.65. The summed E-state index contributed by atoms with van der Waals surface area (Å²) < 4.78 is 1.99. The van der Waals surface area contributed by atoms with E-state index in [1.54, 1.807) is 12.5 Å². The van der Waals surface area contributed by atoms with E-state index in [9.17, 15) is 4.79 Å². The minimum absolute atomic E-state index is 0.237. The van der Waals surface area contributed by atoms with Gasteiger partial charge in [-0.2, -0.15) is 0 Å². The van der Waals surface area contributed by atoms with Gasteiger partial charge in [-0.15, -0.1) is 11.3 Å². The molecule has 1 aliphatic carbocycles. The van der Waals surface area contributed by atoms with Crippen molar-refractivity contribution in [3.63, 3.8) is 0 Å². The van der Waals surface area contributed by atoms with E-state index in [1.165, 1.54) is 9.75 Å². The van der Waals surface area contributed by atoms with Crippen molar-refractivity contribution < 1.29 is 4.79 Å². The second-order valence-electron chi connectivity index (χ2n) is 7.50. The van der Waals surface area contributed by atoms with E-state index < -0.39 is 0 Å².